The van der Waals surface area contributed by atoms with Crippen LogP contribution in [0.4, 0.5) is 17.1 Å². The van der Waals surface area contributed by atoms with E-state index in [-0.39, 0.29) is 28.8 Å². The van der Waals surface area contributed by atoms with Crippen molar-refractivity contribution in [3.8, 4) is 5.75 Å². The molecule has 1 aliphatic rings. The Morgan fingerprint density at radius 1 is 0.763 bits per heavy atom. The Hall–Kier alpha value is -5.03. The number of carbonyl (C=O) groups excluding carboxylic acids is 4. The van der Waals surface area contributed by atoms with Crippen LogP contribution in [-0.2, 0) is 30.0 Å². The summed E-state index contributed by atoms with van der Waals surface area (Å²) in [5, 5.41) is 20.4. The van der Waals surface area contributed by atoms with Gasteiger partial charge in [0.15, 0.2) is 5.78 Å². The maximum absolute atomic E-state index is 14.4. The van der Waals surface area contributed by atoms with E-state index in [2.05, 4.69) is 64.3 Å². The Morgan fingerprint density at radius 3 is 1.95 bits per heavy atom. The molecule has 2 N–H and O–H groups in total. The van der Waals surface area contributed by atoms with Gasteiger partial charge in [0.1, 0.15) is 18.0 Å². The van der Waals surface area contributed by atoms with E-state index >= 15 is 0 Å². The van der Waals surface area contributed by atoms with Gasteiger partial charge in [0, 0.05) is 34.5 Å². The summed E-state index contributed by atoms with van der Waals surface area (Å²) in [6.07, 6.45) is 1.39. The first-order valence-corrected chi connectivity index (χ1v) is 20.8. The smallest absolute Gasteiger partial charge is 0.255 e. The predicted molar refractivity (Wildman–Crippen MR) is 237 cm³/mol. The summed E-state index contributed by atoms with van der Waals surface area (Å²) in [4.78, 5) is 54.9. The van der Waals surface area contributed by atoms with Crippen LogP contribution >= 0.6 is 11.6 Å². The summed E-state index contributed by atoms with van der Waals surface area (Å²) in [6.45, 7) is 18.3. The minimum atomic E-state index is -2.65. The van der Waals surface area contributed by atoms with Crippen molar-refractivity contribution in [2.75, 3.05) is 22.1 Å². The molecule has 0 aromatic heterocycles. The van der Waals surface area contributed by atoms with Crippen molar-refractivity contribution in [2.45, 2.75) is 116 Å². The zero-order valence-corrected chi connectivity index (χ0v) is 36.5. The molecule has 0 radical (unpaired) electrons. The van der Waals surface area contributed by atoms with E-state index in [9.17, 15) is 24.4 Å². The molecule has 3 amide bonds. The monoisotopic (exact) mass is 821 g/mol. The maximum Gasteiger partial charge on any atom is 0.255 e. The number of hydroxylamine groups is 2. The Balaban J connectivity index is 1.31. The molecule has 4 aromatic carbocycles. The van der Waals surface area contributed by atoms with Crippen molar-refractivity contribution in [3.63, 3.8) is 0 Å². The fourth-order valence-electron chi connectivity index (χ4n) is 7.17. The van der Waals surface area contributed by atoms with Gasteiger partial charge < -0.3 is 25.6 Å². The molecule has 59 heavy (non-hydrogen) atoms. The first-order chi connectivity index (χ1) is 27.8. The highest BCUT2D eigenvalue weighted by Crippen LogP contribution is 2.46. The molecule has 1 fully saturated rings. The fourth-order valence-corrected chi connectivity index (χ4v) is 7.69. The molecule has 5 rings (SSSR count). The third-order valence-corrected chi connectivity index (χ3v) is 12.1. The lowest BCUT2D eigenvalue weighted by atomic mass is 9.76. The van der Waals surface area contributed by atoms with Crippen molar-refractivity contribution in [3.05, 3.63) is 125 Å². The number of ether oxygens (including phenoxy) is 1. The molecule has 0 spiro atoms. The lowest BCUT2D eigenvalue weighted by molar-refractivity contribution is -0.139. The third-order valence-electron chi connectivity index (χ3n) is 11.5. The lowest BCUT2D eigenvalue weighted by Crippen LogP contribution is -2.62. The third kappa shape index (κ3) is 9.72. The normalized spacial score (nSPS) is 17.3. The van der Waals surface area contributed by atoms with E-state index in [4.69, 9.17) is 16.3 Å². The molecule has 1 saturated heterocycles. The van der Waals surface area contributed by atoms with E-state index in [1.54, 1.807) is 99.6 Å². The van der Waals surface area contributed by atoms with Crippen LogP contribution in [0.5, 0.6) is 5.75 Å². The highest BCUT2D eigenvalue weighted by atomic mass is 35.5. The Labute approximate surface area is 354 Å². The first kappa shape index (κ1) is 45.1. The van der Waals surface area contributed by atoms with E-state index in [1.165, 1.54) is 16.5 Å². The van der Waals surface area contributed by atoms with Crippen LogP contribution in [-0.4, -0.2) is 46.1 Å². The summed E-state index contributed by atoms with van der Waals surface area (Å²) in [5.41, 5.74) is 2.61. The average molecular weight is 822 g/mol. The van der Waals surface area contributed by atoms with Crippen LogP contribution in [0, 0.1) is 10.6 Å². The molecule has 0 aliphatic carbocycles. The van der Waals surface area contributed by atoms with Gasteiger partial charge >= 0.3 is 0 Å². The Morgan fingerprint density at radius 2 is 1.36 bits per heavy atom. The largest absolute Gasteiger partial charge is 0.783 e. The number of carbonyl (C=O) groups is 4. The Kier molecular flexibility index (Phi) is 13.8. The van der Waals surface area contributed by atoms with Crippen molar-refractivity contribution < 1.29 is 23.9 Å². The predicted octanol–water partition coefficient (Wildman–Crippen LogP) is 10.3. The zero-order valence-electron chi connectivity index (χ0n) is 35.7. The second-order valence-electron chi connectivity index (χ2n) is 17.6. The van der Waals surface area contributed by atoms with Gasteiger partial charge in [-0.25, -0.2) is 0 Å². The number of benzene rings is 4. The highest BCUT2D eigenvalue weighted by molar-refractivity contribution is 6.51. The summed E-state index contributed by atoms with van der Waals surface area (Å²) < 4.78 is 6.27. The topological polar surface area (TPSA) is 131 Å². The van der Waals surface area contributed by atoms with Crippen molar-refractivity contribution >= 4 is 52.2 Å². The van der Waals surface area contributed by atoms with E-state index in [0.717, 1.165) is 24.2 Å². The molecule has 3 atom stereocenters. The number of para-hydroxylation sites is 1. The van der Waals surface area contributed by atoms with E-state index < -0.39 is 40.1 Å². The van der Waals surface area contributed by atoms with Crippen molar-refractivity contribution in [1.82, 2.24) is 5.06 Å². The number of ketones is 1. The molecule has 10 nitrogen and oxygen atoms in total. The second-order valence-corrected chi connectivity index (χ2v) is 18.2. The zero-order chi connectivity index (χ0) is 43.3. The standard InChI is InChI=1S/C48H58ClN4O6/c1-10-46(6,7)33-27-28-38(37(30-33)47(8,9)11-2)59-29-19-26-39(54)50-34-22-18-23-35(31-34)51-44(57)48(49,43(56)45(3,4)5)40-42(55)52(36-24-16-13-17-25-36)41(53(40)58)32-20-14-12-15-21-32/h12-18,20-25,27-28,30-31,40-41H,10-11,19,26,29H2,1-9H3,(H,50,54)(H,51,57)/q-1. The van der Waals surface area contributed by atoms with Crippen LogP contribution in [0.3, 0.4) is 0 Å². The number of Topliss-reactive ketones (excluding diaryl/α,β-unsaturated/α-hetero) is 1. The molecule has 1 heterocycles. The van der Waals surface area contributed by atoms with Gasteiger partial charge in [-0.2, -0.15) is 0 Å². The molecular formula is C48H58ClN4O6-. The molecular weight excluding hydrogens is 764 g/mol. The number of rotatable bonds is 16. The number of nitrogens with zero attached hydrogens (tertiary/aromatic N) is 2. The summed E-state index contributed by atoms with van der Waals surface area (Å²) in [5.74, 6) is -2.08. The van der Waals surface area contributed by atoms with Gasteiger partial charge in [-0.05, 0) is 77.6 Å². The molecule has 11 heteroatoms. The molecule has 3 unspecified atom stereocenters. The molecule has 314 valence electrons. The number of hydrogen-bond donors (Lipinski definition) is 2. The van der Waals surface area contributed by atoms with Gasteiger partial charge in [-0.3, -0.25) is 24.1 Å². The summed E-state index contributed by atoms with van der Waals surface area (Å²) in [6, 6.07) is 28.1. The quantitative estimate of drug-likeness (QED) is 0.0654. The van der Waals surface area contributed by atoms with Crippen LogP contribution in [0.25, 0.3) is 0 Å². The van der Waals surface area contributed by atoms with Crippen LogP contribution in [0.1, 0.15) is 111 Å². The number of halogens is 1. The number of alkyl halides is 1. The first-order valence-electron chi connectivity index (χ1n) is 20.4. The molecule has 4 aromatic rings. The van der Waals surface area contributed by atoms with Crippen molar-refractivity contribution in [1.29, 1.82) is 0 Å². The number of nitrogens with one attached hydrogen (secondary N) is 2. The fraction of sp³-hybridized carbons (Fsp3) is 0.417. The lowest BCUT2D eigenvalue weighted by Gasteiger charge is -2.42. The summed E-state index contributed by atoms with van der Waals surface area (Å²) >= 11 is 7.16. The number of amides is 3. The molecule has 0 saturated carbocycles. The number of hydrogen-bond acceptors (Lipinski definition) is 7. The minimum absolute atomic E-state index is 0.0377. The molecule has 0 bridgehead atoms. The SMILES string of the molecule is CCC(C)(C)c1ccc(OCCCC(=O)Nc2cccc(NC(=O)C(Cl)(C(=O)C(C)(C)C)C3C(=O)N(c4ccccc4)C(c4ccccc4)N3[O-])c2)c(C(C)(C)CC)c1. The van der Waals surface area contributed by atoms with Gasteiger partial charge in [0.25, 0.3) is 5.91 Å². The van der Waals surface area contributed by atoms with Crippen molar-refractivity contribution in [2.24, 2.45) is 5.41 Å². The van der Waals surface area contributed by atoms with Gasteiger partial charge in [-0.15, -0.1) is 0 Å². The van der Waals surface area contributed by atoms with E-state index in [1.807, 2.05) is 6.07 Å². The molecule has 1 aliphatic heterocycles. The summed E-state index contributed by atoms with van der Waals surface area (Å²) in [7, 11) is 0. The highest BCUT2D eigenvalue weighted by Gasteiger charge is 2.62. The number of anilines is 3. The van der Waals surface area contributed by atoms with Gasteiger partial charge in [-0.1, -0.05) is 141 Å². The average Bonchev–Trinajstić information content (AvgIpc) is 3.48. The minimum Gasteiger partial charge on any atom is -0.783 e. The Bertz CT molecular complexity index is 2130. The van der Waals surface area contributed by atoms with Crippen LogP contribution < -0.4 is 20.3 Å². The van der Waals surface area contributed by atoms with Gasteiger partial charge in [0.2, 0.25) is 16.7 Å². The van der Waals surface area contributed by atoms with Gasteiger partial charge in [0.05, 0.1) is 6.61 Å². The van der Waals surface area contributed by atoms with E-state index in [0.29, 0.717) is 35.0 Å². The maximum atomic E-state index is 14.4. The van der Waals surface area contributed by atoms with Crippen LogP contribution in [0.15, 0.2) is 103 Å². The van der Waals surface area contributed by atoms with Crippen LogP contribution in [0.2, 0.25) is 0 Å². The second kappa shape index (κ2) is 18.1.